The quantitative estimate of drug-likeness (QED) is 0.541. The molecule has 2 N–H and O–H groups in total. The SMILES string of the molecule is Fc1cc(F)cc(CNCc2ccc(CNCc3cc(F)cc(F)c3)cc2)c1. The Balaban J connectivity index is 1.44. The summed E-state index contributed by atoms with van der Waals surface area (Å²) in [6.07, 6.45) is 0. The number of rotatable bonds is 8. The third kappa shape index (κ3) is 6.18. The van der Waals surface area contributed by atoms with E-state index in [-0.39, 0.29) is 0 Å². The van der Waals surface area contributed by atoms with Gasteiger partial charge in [-0.3, -0.25) is 0 Å². The van der Waals surface area contributed by atoms with Crippen molar-refractivity contribution >= 4 is 0 Å². The van der Waals surface area contributed by atoms with Gasteiger partial charge in [0.15, 0.2) is 0 Å². The Morgan fingerprint density at radius 3 is 1.04 bits per heavy atom. The van der Waals surface area contributed by atoms with Gasteiger partial charge in [-0.1, -0.05) is 24.3 Å². The summed E-state index contributed by atoms with van der Waals surface area (Å²) in [4.78, 5) is 0. The first-order valence-corrected chi connectivity index (χ1v) is 8.87. The van der Waals surface area contributed by atoms with Gasteiger partial charge in [0.05, 0.1) is 0 Å². The fraction of sp³-hybridized carbons (Fsp3) is 0.182. The first kappa shape index (κ1) is 20.0. The zero-order valence-electron chi connectivity index (χ0n) is 15.1. The molecule has 0 aromatic heterocycles. The number of hydrogen-bond acceptors (Lipinski definition) is 2. The van der Waals surface area contributed by atoms with Gasteiger partial charge in [-0.25, -0.2) is 17.6 Å². The molecule has 146 valence electrons. The fourth-order valence-electron chi connectivity index (χ4n) is 2.90. The lowest BCUT2D eigenvalue weighted by Crippen LogP contribution is -2.14. The summed E-state index contributed by atoms with van der Waals surface area (Å²) in [6, 6.07) is 14.7. The van der Waals surface area contributed by atoms with E-state index < -0.39 is 23.3 Å². The maximum Gasteiger partial charge on any atom is 0.126 e. The van der Waals surface area contributed by atoms with Crippen molar-refractivity contribution in [3.63, 3.8) is 0 Å². The van der Waals surface area contributed by atoms with Crippen LogP contribution in [0.2, 0.25) is 0 Å². The number of benzene rings is 3. The van der Waals surface area contributed by atoms with Crippen molar-refractivity contribution in [2.24, 2.45) is 0 Å². The zero-order valence-corrected chi connectivity index (χ0v) is 15.1. The van der Waals surface area contributed by atoms with Crippen molar-refractivity contribution in [2.75, 3.05) is 0 Å². The van der Waals surface area contributed by atoms with Gasteiger partial charge in [-0.15, -0.1) is 0 Å². The molecule has 2 nitrogen and oxygen atoms in total. The van der Waals surface area contributed by atoms with Crippen LogP contribution in [-0.4, -0.2) is 0 Å². The standard InChI is InChI=1S/C22H20F4N2/c23-19-5-17(6-20(24)9-19)13-27-11-15-1-2-16(4-3-15)12-28-14-18-7-21(25)10-22(26)8-18/h1-10,27-28H,11-14H2. The minimum atomic E-state index is -0.588. The Hall–Kier alpha value is -2.70. The molecule has 0 aliphatic rings. The van der Waals surface area contributed by atoms with Gasteiger partial charge in [0.1, 0.15) is 23.3 Å². The van der Waals surface area contributed by atoms with E-state index in [1.54, 1.807) is 0 Å². The molecule has 3 rings (SSSR count). The molecule has 6 heteroatoms. The second-order valence-corrected chi connectivity index (χ2v) is 6.58. The van der Waals surface area contributed by atoms with Crippen molar-refractivity contribution < 1.29 is 17.6 Å². The molecular formula is C22H20F4N2. The molecule has 3 aromatic carbocycles. The maximum atomic E-state index is 13.2. The van der Waals surface area contributed by atoms with Crippen LogP contribution >= 0.6 is 0 Å². The smallest absolute Gasteiger partial charge is 0.126 e. The normalized spacial score (nSPS) is 11.0. The topological polar surface area (TPSA) is 24.1 Å². The molecule has 0 aliphatic carbocycles. The lowest BCUT2D eigenvalue weighted by Gasteiger charge is -2.08. The van der Waals surface area contributed by atoms with Crippen LogP contribution in [0.15, 0.2) is 60.7 Å². The summed E-state index contributed by atoms with van der Waals surface area (Å²) in [5, 5.41) is 6.29. The van der Waals surface area contributed by atoms with E-state index in [9.17, 15) is 17.6 Å². The van der Waals surface area contributed by atoms with Gasteiger partial charge >= 0.3 is 0 Å². The Bertz CT molecular complexity index is 809. The predicted molar refractivity (Wildman–Crippen MR) is 100 cm³/mol. The predicted octanol–water partition coefficient (Wildman–Crippen LogP) is 4.82. The van der Waals surface area contributed by atoms with Crippen molar-refractivity contribution in [1.82, 2.24) is 10.6 Å². The highest BCUT2D eigenvalue weighted by molar-refractivity contribution is 5.23. The molecule has 0 heterocycles. The van der Waals surface area contributed by atoms with Crippen LogP contribution < -0.4 is 10.6 Å². The van der Waals surface area contributed by atoms with Crippen LogP contribution in [0.4, 0.5) is 17.6 Å². The Kier molecular flexibility index (Phi) is 6.79. The summed E-state index contributed by atoms with van der Waals surface area (Å²) in [5.74, 6) is -2.35. The second-order valence-electron chi connectivity index (χ2n) is 6.58. The highest BCUT2D eigenvalue weighted by Gasteiger charge is 2.02. The number of halogens is 4. The van der Waals surface area contributed by atoms with E-state index in [2.05, 4.69) is 10.6 Å². The van der Waals surface area contributed by atoms with Crippen LogP contribution in [-0.2, 0) is 26.2 Å². The molecule has 28 heavy (non-hydrogen) atoms. The molecule has 0 saturated heterocycles. The van der Waals surface area contributed by atoms with Crippen molar-refractivity contribution in [3.8, 4) is 0 Å². The van der Waals surface area contributed by atoms with Crippen molar-refractivity contribution in [3.05, 3.63) is 106 Å². The van der Waals surface area contributed by atoms with Crippen LogP contribution in [0.5, 0.6) is 0 Å². The molecule has 0 aliphatic heterocycles. The summed E-state index contributed by atoms with van der Waals surface area (Å²) in [7, 11) is 0. The number of nitrogens with one attached hydrogen (secondary N) is 2. The summed E-state index contributed by atoms with van der Waals surface area (Å²) < 4.78 is 52.6. The van der Waals surface area contributed by atoms with E-state index in [1.807, 2.05) is 24.3 Å². The molecule has 0 unspecified atom stereocenters. The first-order valence-electron chi connectivity index (χ1n) is 8.87. The summed E-state index contributed by atoms with van der Waals surface area (Å²) in [6.45, 7) is 1.85. The largest absolute Gasteiger partial charge is 0.309 e. The maximum absolute atomic E-state index is 13.2. The first-order chi connectivity index (χ1) is 13.5. The van der Waals surface area contributed by atoms with E-state index in [0.29, 0.717) is 37.3 Å². The lowest BCUT2D eigenvalue weighted by molar-refractivity contribution is 0.574. The third-order valence-electron chi connectivity index (χ3n) is 4.18. The van der Waals surface area contributed by atoms with Crippen LogP contribution in [0.1, 0.15) is 22.3 Å². The van der Waals surface area contributed by atoms with Gasteiger partial charge in [0, 0.05) is 38.3 Å². The minimum Gasteiger partial charge on any atom is -0.309 e. The molecular weight excluding hydrogens is 368 g/mol. The van der Waals surface area contributed by atoms with Crippen molar-refractivity contribution in [2.45, 2.75) is 26.2 Å². The van der Waals surface area contributed by atoms with Crippen molar-refractivity contribution in [1.29, 1.82) is 0 Å². The molecule has 3 aromatic rings. The monoisotopic (exact) mass is 388 g/mol. The Labute approximate surface area is 161 Å². The van der Waals surface area contributed by atoms with Gasteiger partial charge in [0.2, 0.25) is 0 Å². The Morgan fingerprint density at radius 1 is 0.429 bits per heavy atom. The molecule has 0 spiro atoms. The molecule has 0 saturated carbocycles. The highest BCUT2D eigenvalue weighted by atomic mass is 19.1. The second kappa shape index (κ2) is 9.48. The summed E-state index contributed by atoms with van der Waals surface area (Å²) in [5.41, 5.74) is 3.17. The van der Waals surface area contributed by atoms with E-state index >= 15 is 0 Å². The average Bonchev–Trinajstić information content (AvgIpc) is 2.61. The fourth-order valence-corrected chi connectivity index (χ4v) is 2.90. The summed E-state index contributed by atoms with van der Waals surface area (Å²) >= 11 is 0. The van der Waals surface area contributed by atoms with E-state index in [0.717, 1.165) is 23.3 Å². The highest BCUT2D eigenvalue weighted by Crippen LogP contribution is 2.10. The molecule has 0 bridgehead atoms. The number of hydrogen-bond donors (Lipinski definition) is 2. The van der Waals surface area contributed by atoms with Crippen LogP contribution in [0.25, 0.3) is 0 Å². The van der Waals surface area contributed by atoms with Gasteiger partial charge in [-0.05, 0) is 46.5 Å². The average molecular weight is 388 g/mol. The molecule has 0 amide bonds. The third-order valence-corrected chi connectivity index (χ3v) is 4.18. The van der Waals surface area contributed by atoms with E-state index in [1.165, 1.54) is 24.3 Å². The minimum absolute atomic E-state index is 0.363. The van der Waals surface area contributed by atoms with E-state index in [4.69, 9.17) is 0 Å². The molecule has 0 fully saturated rings. The molecule has 0 radical (unpaired) electrons. The van der Waals surface area contributed by atoms with Crippen LogP contribution in [0, 0.1) is 23.3 Å². The Morgan fingerprint density at radius 2 is 0.714 bits per heavy atom. The lowest BCUT2D eigenvalue weighted by atomic mass is 10.1. The van der Waals surface area contributed by atoms with Gasteiger partial charge in [-0.2, -0.15) is 0 Å². The van der Waals surface area contributed by atoms with Crippen LogP contribution in [0.3, 0.4) is 0 Å². The van der Waals surface area contributed by atoms with Gasteiger partial charge in [0.25, 0.3) is 0 Å². The van der Waals surface area contributed by atoms with Gasteiger partial charge < -0.3 is 10.6 Å². The molecule has 0 atom stereocenters. The zero-order chi connectivity index (χ0) is 19.9.